The predicted octanol–water partition coefficient (Wildman–Crippen LogP) is 4.18. The molecule has 0 aliphatic rings. The highest BCUT2D eigenvalue weighted by atomic mass is 35.5. The van der Waals surface area contributed by atoms with Gasteiger partial charge in [0.15, 0.2) is 0 Å². The van der Waals surface area contributed by atoms with Crippen LogP contribution in [0.4, 0.5) is 4.39 Å². The summed E-state index contributed by atoms with van der Waals surface area (Å²) in [6, 6.07) is 4.24. The first-order valence-electron chi connectivity index (χ1n) is 7.83. The summed E-state index contributed by atoms with van der Waals surface area (Å²) in [4.78, 5) is 18.8. The molecule has 1 aromatic heterocycles. The summed E-state index contributed by atoms with van der Waals surface area (Å²) in [5.74, 6) is 0.418. The maximum atomic E-state index is 13.2. The van der Waals surface area contributed by atoms with E-state index in [0.29, 0.717) is 24.5 Å². The van der Waals surface area contributed by atoms with E-state index in [1.165, 1.54) is 12.1 Å². The lowest BCUT2D eigenvalue weighted by Crippen LogP contribution is -2.33. The first-order chi connectivity index (χ1) is 11.2. The third-order valence-corrected chi connectivity index (χ3v) is 4.02. The van der Waals surface area contributed by atoms with Crippen LogP contribution in [-0.2, 0) is 24.9 Å². The van der Waals surface area contributed by atoms with Crippen molar-refractivity contribution in [2.24, 2.45) is 12.5 Å². The minimum absolute atomic E-state index is 0.0193. The number of carbonyl (C=O) groups excluding carboxylic acids is 1. The molecule has 1 aromatic carbocycles. The van der Waals surface area contributed by atoms with Gasteiger partial charge in [-0.25, -0.2) is 9.37 Å². The molecular formula is C18H23ClFN3O. The molecule has 1 amide bonds. The van der Waals surface area contributed by atoms with Crippen molar-refractivity contribution < 1.29 is 9.18 Å². The summed E-state index contributed by atoms with van der Waals surface area (Å²) in [6.45, 7) is 6.77. The number of hydrogen-bond acceptors (Lipinski definition) is 2. The van der Waals surface area contributed by atoms with E-state index >= 15 is 0 Å². The van der Waals surface area contributed by atoms with Crippen LogP contribution >= 0.6 is 11.6 Å². The number of aromatic nitrogens is 2. The second kappa shape index (κ2) is 7.34. The molecule has 130 valence electrons. The summed E-state index contributed by atoms with van der Waals surface area (Å²) in [5, 5.41) is 0.323. The van der Waals surface area contributed by atoms with Crippen molar-refractivity contribution in [3.63, 3.8) is 0 Å². The van der Waals surface area contributed by atoms with Gasteiger partial charge in [-0.3, -0.25) is 4.79 Å². The van der Waals surface area contributed by atoms with Crippen LogP contribution < -0.4 is 0 Å². The molecule has 0 atom stereocenters. The van der Waals surface area contributed by atoms with E-state index in [1.54, 1.807) is 17.2 Å². The summed E-state index contributed by atoms with van der Waals surface area (Å²) in [6.07, 6.45) is 3.95. The standard InChI is InChI=1S/C18H23ClFN3O/c1-18(2,3)10-17(24)23(12-16-21-7-8-22(16)4)11-13-5-6-14(20)9-15(13)19/h5-9H,10-12H2,1-4H3. The normalized spacial score (nSPS) is 11.6. The van der Waals surface area contributed by atoms with Gasteiger partial charge in [-0.15, -0.1) is 0 Å². The van der Waals surface area contributed by atoms with Crippen molar-refractivity contribution >= 4 is 17.5 Å². The predicted molar refractivity (Wildman–Crippen MR) is 92.9 cm³/mol. The highest BCUT2D eigenvalue weighted by Crippen LogP contribution is 2.24. The van der Waals surface area contributed by atoms with E-state index in [9.17, 15) is 9.18 Å². The Bertz CT molecular complexity index is 721. The number of aryl methyl sites for hydroxylation is 1. The topological polar surface area (TPSA) is 38.1 Å². The van der Waals surface area contributed by atoms with Crippen molar-refractivity contribution in [3.8, 4) is 0 Å². The van der Waals surface area contributed by atoms with Gasteiger partial charge in [0.2, 0.25) is 5.91 Å². The van der Waals surface area contributed by atoms with Crippen molar-refractivity contribution in [1.29, 1.82) is 0 Å². The average Bonchev–Trinajstić information content (AvgIpc) is 2.84. The van der Waals surface area contributed by atoms with Gasteiger partial charge >= 0.3 is 0 Å². The van der Waals surface area contributed by atoms with Crippen LogP contribution in [-0.4, -0.2) is 20.4 Å². The maximum Gasteiger partial charge on any atom is 0.223 e. The van der Waals surface area contributed by atoms with Gasteiger partial charge in [-0.1, -0.05) is 38.4 Å². The highest BCUT2D eigenvalue weighted by Gasteiger charge is 2.23. The summed E-state index contributed by atoms with van der Waals surface area (Å²) in [5.41, 5.74) is 0.596. The lowest BCUT2D eigenvalue weighted by Gasteiger charge is -2.27. The molecule has 2 rings (SSSR count). The molecule has 0 unspecified atom stereocenters. The molecule has 0 aliphatic heterocycles. The van der Waals surface area contributed by atoms with Gasteiger partial charge in [0.05, 0.1) is 6.54 Å². The number of hydrogen-bond donors (Lipinski definition) is 0. The minimum atomic E-state index is -0.389. The molecule has 0 spiro atoms. The van der Waals surface area contributed by atoms with E-state index in [1.807, 2.05) is 38.6 Å². The second-order valence-electron chi connectivity index (χ2n) is 7.18. The molecule has 6 heteroatoms. The van der Waals surface area contributed by atoms with Gasteiger partial charge in [0.1, 0.15) is 11.6 Å². The number of rotatable bonds is 5. The molecule has 4 nitrogen and oxygen atoms in total. The summed E-state index contributed by atoms with van der Waals surface area (Å²) < 4.78 is 15.1. The molecule has 0 radical (unpaired) electrons. The molecule has 0 N–H and O–H groups in total. The Labute approximate surface area is 147 Å². The molecule has 24 heavy (non-hydrogen) atoms. The Hall–Kier alpha value is -1.88. The van der Waals surface area contributed by atoms with Crippen LogP contribution in [0.1, 0.15) is 38.6 Å². The van der Waals surface area contributed by atoms with Crippen molar-refractivity contribution in [1.82, 2.24) is 14.5 Å². The number of imidazole rings is 1. The highest BCUT2D eigenvalue weighted by molar-refractivity contribution is 6.31. The third-order valence-electron chi connectivity index (χ3n) is 3.66. The number of amides is 1. The summed E-state index contributed by atoms with van der Waals surface area (Å²) in [7, 11) is 1.89. The zero-order chi connectivity index (χ0) is 17.9. The van der Waals surface area contributed by atoms with Gasteiger partial charge < -0.3 is 9.47 Å². The molecule has 0 saturated carbocycles. The Balaban J connectivity index is 2.24. The Morgan fingerprint density at radius 1 is 1.33 bits per heavy atom. The monoisotopic (exact) mass is 351 g/mol. The molecular weight excluding hydrogens is 329 g/mol. The van der Waals surface area contributed by atoms with E-state index in [0.717, 1.165) is 11.4 Å². The van der Waals surface area contributed by atoms with Crippen molar-refractivity contribution in [3.05, 3.63) is 52.8 Å². The Kier molecular flexibility index (Phi) is 5.65. The van der Waals surface area contributed by atoms with E-state index in [4.69, 9.17) is 11.6 Å². The third kappa shape index (κ3) is 5.06. The number of nitrogens with zero attached hydrogens (tertiary/aromatic N) is 3. The molecule has 0 fully saturated rings. The molecule has 1 heterocycles. The van der Waals surface area contributed by atoms with Gasteiger partial charge in [-0.2, -0.15) is 0 Å². The number of halogens is 2. The smallest absolute Gasteiger partial charge is 0.223 e. The average molecular weight is 352 g/mol. The van der Waals surface area contributed by atoms with Crippen LogP contribution in [0.15, 0.2) is 30.6 Å². The fourth-order valence-electron chi connectivity index (χ4n) is 2.37. The largest absolute Gasteiger partial charge is 0.337 e. The molecule has 0 aliphatic carbocycles. The Morgan fingerprint density at radius 2 is 2.04 bits per heavy atom. The van der Waals surface area contributed by atoms with Crippen LogP contribution in [0.3, 0.4) is 0 Å². The maximum absolute atomic E-state index is 13.2. The fraction of sp³-hybridized carbons (Fsp3) is 0.444. The van der Waals surface area contributed by atoms with Crippen LogP contribution in [0.25, 0.3) is 0 Å². The lowest BCUT2D eigenvalue weighted by atomic mass is 9.91. The zero-order valence-corrected chi connectivity index (χ0v) is 15.3. The number of carbonyl (C=O) groups is 1. The lowest BCUT2D eigenvalue weighted by molar-refractivity contribution is -0.134. The van der Waals surface area contributed by atoms with Crippen molar-refractivity contribution in [2.45, 2.75) is 40.3 Å². The first-order valence-corrected chi connectivity index (χ1v) is 8.21. The second-order valence-corrected chi connectivity index (χ2v) is 7.58. The van der Waals surface area contributed by atoms with E-state index < -0.39 is 0 Å². The summed E-state index contributed by atoms with van der Waals surface area (Å²) >= 11 is 6.13. The van der Waals surface area contributed by atoms with E-state index in [2.05, 4.69) is 4.98 Å². The molecule has 2 aromatic rings. The van der Waals surface area contributed by atoms with Crippen LogP contribution in [0.5, 0.6) is 0 Å². The van der Waals surface area contributed by atoms with Gasteiger partial charge in [0, 0.05) is 37.4 Å². The van der Waals surface area contributed by atoms with Crippen LogP contribution in [0, 0.1) is 11.2 Å². The SMILES string of the molecule is Cn1ccnc1CN(Cc1ccc(F)cc1Cl)C(=O)CC(C)(C)C. The Morgan fingerprint density at radius 3 is 2.58 bits per heavy atom. The zero-order valence-electron chi connectivity index (χ0n) is 14.5. The molecule has 0 saturated heterocycles. The van der Waals surface area contributed by atoms with Crippen molar-refractivity contribution in [2.75, 3.05) is 0 Å². The fourth-order valence-corrected chi connectivity index (χ4v) is 2.60. The molecule has 0 bridgehead atoms. The quantitative estimate of drug-likeness (QED) is 0.810. The van der Waals surface area contributed by atoms with Gasteiger partial charge in [0.25, 0.3) is 0 Å². The minimum Gasteiger partial charge on any atom is -0.337 e. The van der Waals surface area contributed by atoms with E-state index in [-0.39, 0.29) is 17.1 Å². The first kappa shape index (κ1) is 18.5. The number of benzene rings is 1. The van der Waals surface area contributed by atoms with Gasteiger partial charge in [-0.05, 0) is 23.1 Å². The van der Waals surface area contributed by atoms with Crippen LogP contribution in [0.2, 0.25) is 5.02 Å².